The van der Waals surface area contributed by atoms with E-state index in [1.165, 1.54) is 186 Å². The minimum Gasteiger partial charge on any atom is -0.0622 e. The van der Waals surface area contributed by atoms with Gasteiger partial charge >= 0.3 is 0 Å². The Labute approximate surface area is 570 Å². The molecule has 19 aromatic carbocycles. The van der Waals surface area contributed by atoms with Crippen molar-refractivity contribution >= 4 is 86.2 Å². The van der Waals surface area contributed by atoms with Crippen molar-refractivity contribution in [2.45, 2.75) is 0 Å². The van der Waals surface area contributed by atoms with Crippen LogP contribution in [0.15, 0.2) is 388 Å². The molecule has 0 N–H and O–H groups in total. The van der Waals surface area contributed by atoms with Crippen LogP contribution < -0.4 is 0 Å². The second-order valence-corrected chi connectivity index (χ2v) is 25.8. The molecule has 0 unspecified atom stereocenters. The molecule has 0 atom stereocenters. The molecule has 0 aliphatic carbocycles. The molecule has 0 aliphatic rings. The molecule has 0 bridgehead atoms. The van der Waals surface area contributed by atoms with Crippen LogP contribution in [-0.4, -0.2) is 0 Å². The van der Waals surface area contributed by atoms with E-state index in [0.717, 1.165) is 0 Å². The molecule has 0 saturated carbocycles. The SMILES string of the molecule is c1ccc(-c2c3ccccc3c(-c3ccc4ccc(-c5cccc(-c6ccc7ccccc7c6)c5)cc4c3)c3ccccc23)cc1.c1ccc(-c2c3ccccc3c(-c3ccc4ccc(-c5cccc(-c6cccc(-c7ccc8ccccc8c7)c6)c5)cc4c3)c3ccccc23)cc1. The third-order valence-corrected chi connectivity index (χ3v) is 20.0. The first-order valence-corrected chi connectivity index (χ1v) is 33.9. The van der Waals surface area contributed by atoms with Crippen LogP contribution in [0.4, 0.5) is 0 Å². The van der Waals surface area contributed by atoms with Gasteiger partial charge in [-0.3, -0.25) is 0 Å². The van der Waals surface area contributed by atoms with Crippen molar-refractivity contribution in [3.05, 3.63) is 388 Å². The Morgan fingerprint density at radius 2 is 0.276 bits per heavy atom. The van der Waals surface area contributed by atoms with Crippen LogP contribution >= 0.6 is 0 Å². The van der Waals surface area contributed by atoms with E-state index in [-0.39, 0.29) is 0 Å². The average Bonchev–Trinajstić information content (AvgIpc) is 0.741. The molecule has 0 nitrogen and oxygen atoms in total. The van der Waals surface area contributed by atoms with Gasteiger partial charge < -0.3 is 0 Å². The highest BCUT2D eigenvalue weighted by Gasteiger charge is 2.20. The lowest BCUT2D eigenvalue weighted by Gasteiger charge is -2.18. The summed E-state index contributed by atoms with van der Waals surface area (Å²) in [5.74, 6) is 0. The molecule has 0 spiro atoms. The van der Waals surface area contributed by atoms with Crippen LogP contribution in [0.1, 0.15) is 0 Å². The van der Waals surface area contributed by atoms with Crippen molar-refractivity contribution in [3.8, 4) is 100 Å². The fourth-order valence-corrected chi connectivity index (χ4v) is 15.2. The summed E-state index contributed by atoms with van der Waals surface area (Å²) in [6, 6.07) is 142. The van der Waals surface area contributed by atoms with Crippen LogP contribution in [-0.2, 0) is 0 Å². The average molecular weight is 1240 g/mol. The first-order chi connectivity index (χ1) is 48.6. The van der Waals surface area contributed by atoms with Gasteiger partial charge in [0.15, 0.2) is 0 Å². The van der Waals surface area contributed by atoms with Crippen molar-refractivity contribution in [3.63, 3.8) is 0 Å². The summed E-state index contributed by atoms with van der Waals surface area (Å²) in [6.07, 6.45) is 0. The summed E-state index contributed by atoms with van der Waals surface area (Å²) >= 11 is 0. The summed E-state index contributed by atoms with van der Waals surface area (Å²) in [6.45, 7) is 0. The monoisotopic (exact) mass is 1240 g/mol. The number of fused-ring (bicyclic) bond motifs is 8. The van der Waals surface area contributed by atoms with Gasteiger partial charge in [-0.2, -0.15) is 0 Å². The van der Waals surface area contributed by atoms with E-state index >= 15 is 0 Å². The summed E-state index contributed by atoms with van der Waals surface area (Å²) in [5.41, 5.74) is 22.3. The Balaban J connectivity index is 0.000000143. The van der Waals surface area contributed by atoms with Crippen LogP contribution in [0.5, 0.6) is 0 Å². The van der Waals surface area contributed by atoms with E-state index in [4.69, 9.17) is 0 Å². The second kappa shape index (κ2) is 24.9. The summed E-state index contributed by atoms with van der Waals surface area (Å²) in [4.78, 5) is 0. The van der Waals surface area contributed by atoms with Gasteiger partial charge in [0.25, 0.3) is 0 Å². The first-order valence-electron chi connectivity index (χ1n) is 33.9. The number of hydrogen-bond donors (Lipinski definition) is 0. The van der Waals surface area contributed by atoms with Gasteiger partial charge in [0, 0.05) is 0 Å². The molecular weight excluding hydrogens is 1180 g/mol. The van der Waals surface area contributed by atoms with Crippen molar-refractivity contribution in [2.24, 2.45) is 0 Å². The van der Waals surface area contributed by atoms with E-state index in [0.29, 0.717) is 0 Å². The predicted octanol–water partition coefficient (Wildman–Crippen LogP) is 27.6. The maximum absolute atomic E-state index is 2.38. The maximum Gasteiger partial charge on any atom is -0.00262 e. The van der Waals surface area contributed by atoms with E-state index in [1.54, 1.807) is 0 Å². The zero-order chi connectivity index (χ0) is 64.9. The maximum atomic E-state index is 2.38. The van der Waals surface area contributed by atoms with E-state index in [9.17, 15) is 0 Å². The molecule has 0 aromatic heterocycles. The largest absolute Gasteiger partial charge is 0.0622 e. The molecular formula is C98H64. The molecule has 19 aromatic rings. The standard InChI is InChI=1S/C52H34.C46H30/c1-2-13-37(14-3-1)51-47-20-6-8-22-49(47)52(50-23-9-7-21-48(50)51)45-29-26-36-25-28-44(33-46(36)34-45)42-19-11-17-40(32-42)39-16-10-18-41(31-39)43-27-24-35-12-4-5-15-38(35)30-43;1-2-12-33(13-3-1)45-41-17-6-8-19-43(41)46(44-20-9-7-18-42(44)45)39-26-23-32-22-25-38(29-40(32)30-39)36-16-10-15-35(28-36)37-24-21-31-11-4-5-14-34(31)27-37/h1-34H;1-30H. The minimum absolute atomic E-state index is 1.21. The van der Waals surface area contributed by atoms with E-state index < -0.39 is 0 Å². The Morgan fingerprint density at radius 1 is 0.0918 bits per heavy atom. The fraction of sp³-hybridized carbons (Fsp3) is 0. The molecule has 0 heterocycles. The van der Waals surface area contributed by atoms with Gasteiger partial charge in [0.1, 0.15) is 0 Å². The van der Waals surface area contributed by atoms with Crippen LogP contribution in [0.3, 0.4) is 0 Å². The molecule has 0 radical (unpaired) electrons. The minimum atomic E-state index is 1.21. The zero-order valence-corrected chi connectivity index (χ0v) is 54.0. The highest BCUT2D eigenvalue weighted by atomic mass is 14.2. The fourth-order valence-electron chi connectivity index (χ4n) is 15.2. The third-order valence-electron chi connectivity index (χ3n) is 20.0. The summed E-state index contributed by atoms with van der Waals surface area (Å²) in [5, 5.41) is 20.2. The molecule has 98 heavy (non-hydrogen) atoms. The zero-order valence-electron chi connectivity index (χ0n) is 54.0. The van der Waals surface area contributed by atoms with Gasteiger partial charge in [0.2, 0.25) is 0 Å². The molecule has 0 fully saturated rings. The lowest BCUT2D eigenvalue weighted by Crippen LogP contribution is -1.91. The normalized spacial score (nSPS) is 11.5. The van der Waals surface area contributed by atoms with E-state index in [2.05, 4.69) is 388 Å². The summed E-state index contributed by atoms with van der Waals surface area (Å²) in [7, 11) is 0. The van der Waals surface area contributed by atoms with Crippen molar-refractivity contribution in [1.82, 2.24) is 0 Å². The smallest absolute Gasteiger partial charge is 0.00262 e. The lowest BCUT2D eigenvalue weighted by molar-refractivity contribution is 1.58. The predicted molar refractivity (Wildman–Crippen MR) is 422 cm³/mol. The van der Waals surface area contributed by atoms with Crippen LogP contribution in [0.2, 0.25) is 0 Å². The van der Waals surface area contributed by atoms with E-state index in [1.807, 2.05) is 0 Å². The Kier molecular flexibility index (Phi) is 14.7. The Morgan fingerprint density at radius 3 is 0.561 bits per heavy atom. The lowest BCUT2D eigenvalue weighted by atomic mass is 9.85. The molecule has 0 aliphatic heterocycles. The quantitative estimate of drug-likeness (QED) is 0.126. The number of hydrogen-bond acceptors (Lipinski definition) is 0. The van der Waals surface area contributed by atoms with Crippen molar-refractivity contribution < 1.29 is 0 Å². The topological polar surface area (TPSA) is 0 Å². The van der Waals surface area contributed by atoms with Gasteiger partial charge in [-0.1, -0.05) is 334 Å². The molecule has 19 rings (SSSR count). The van der Waals surface area contributed by atoms with Crippen LogP contribution in [0, 0.1) is 0 Å². The highest BCUT2D eigenvalue weighted by Crippen LogP contribution is 2.47. The van der Waals surface area contributed by atoms with Crippen LogP contribution in [0.25, 0.3) is 186 Å². The van der Waals surface area contributed by atoms with Gasteiger partial charge in [-0.15, -0.1) is 0 Å². The molecule has 0 saturated heterocycles. The Bertz CT molecular complexity index is 6180. The molecule has 0 heteroatoms. The first kappa shape index (κ1) is 57.9. The number of benzene rings is 19. The van der Waals surface area contributed by atoms with Gasteiger partial charge in [0.05, 0.1) is 0 Å². The molecule has 456 valence electrons. The van der Waals surface area contributed by atoms with Gasteiger partial charge in [-0.05, 0) is 241 Å². The second-order valence-electron chi connectivity index (χ2n) is 25.8. The van der Waals surface area contributed by atoms with Crippen molar-refractivity contribution in [1.29, 1.82) is 0 Å². The number of rotatable bonds is 9. The van der Waals surface area contributed by atoms with Gasteiger partial charge in [-0.25, -0.2) is 0 Å². The highest BCUT2D eigenvalue weighted by molar-refractivity contribution is 6.23. The molecule has 0 amide bonds. The van der Waals surface area contributed by atoms with Crippen molar-refractivity contribution in [2.75, 3.05) is 0 Å². The Hall–Kier alpha value is -12.7. The summed E-state index contributed by atoms with van der Waals surface area (Å²) < 4.78 is 0. The third kappa shape index (κ3) is 10.7.